The Morgan fingerprint density at radius 1 is 1.17 bits per heavy atom. The van der Waals surface area contributed by atoms with Gasteiger partial charge in [-0.2, -0.15) is 0 Å². The molecule has 0 saturated carbocycles. The summed E-state index contributed by atoms with van der Waals surface area (Å²) in [4.78, 5) is 15.8. The molecule has 0 fully saturated rings. The molecule has 2 aromatic rings. The molecular weight excluding hydrogens is 233 g/mol. The number of hydrogen-bond acceptors (Lipinski definition) is 3. The minimum Gasteiger partial charge on any atom is -0.464 e. The summed E-state index contributed by atoms with van der Waals surface area (Å²) in [6, 6.07) is 9.47. The molecule has 0 unspecified atom stereocenters. The number of pyridine rings is 1. The number of esters is 1. The second-order valence-corrected chi connectivity index (χ2v) is 3.85. The smallest absolute Gasteiger partial charge is 0.357 e. The quantitative estimate of drug-likeness (QED) is 0.763. The lowest BCUT2D eigenvalue weighted by atomic mass is 10.0. The van der Waals surface area contributed by atoms with Crippen LogP contribution in [0.5, 0.6) is 0 Å². The zero-order valence-corrected chi connectivity index (χ0v) is 10.1. The van der Waals surface area contributed by atoms with Gasteiger partial charge in [0.25, 0.3) is 0 Å². The van der Waals surface area contributed by atoms with Crippen LogP contribution in [0.25, 0.3) is 11.1 Å². The Labute approximate surface area is 104 Å². The molecule has 18 heavy (non-hydrogen) atoms. The van der Waals surface area contributed by atoms with Crippen LogP contribution in [0, 0.1) is 12.7 Å². The molecule has 1 aromatic carbocycles. The first kappa shape index (κ1) is 12.2. The summed E-state index contributed by atoms with van der Waals surface area (Å²) in [5.41, 5.74) is 2.32. The fourth-order valence-electron chi connectivity index (χ4n) is 1.67. The number of rotatable bonds is 2. The summed E-state index contributed by atoms with van der Waals surface area (Å²) in [6.07, 6.45) is 0. The molecule has 92 valence electrons. The number of benzene rings is 1. The van der Waals surface area contributed by atoms with Crippen LogP contribution in [0.4, 0.5) is 4.39 Å². The summed E-state index contributed by atoms with van der Waals surface area (Å²) in [5, 5.41) is 0. The maximum atomic E-state index is 12.9. The fraction of sp³-hybridized carbons (Fsp3) is 0.143. The van der Waals surface area contributed by atoms with Crippen molar-refractivity contribution in [2.24, 2.45) is 0 Å². The largest absolute Gasteiger partial charge is 0.464 e. The van der Waals surface area contributed by atoms with Gasteiger partial charge in [-0.3, -0.25) is 0 Å². The van der Waals surface area contributed by atoms with Crippen molar-refractivity contribution in [3.05, 3.63) is 53.6 Å². The van der Waals surface area contributed by atoms with E-state index in [0.29, 0.717) is 5.56 Å². The van der Waals surface area contributed by atoms with Crippen LogP contribution >= 0.6 is 0 Å². The van der Waals surface area contributed by atoms with Gasteiger partial charge in [-0.15, -0.1) is 0 Å². The van der Waals surface area contributed by atoms with Gasteiger partial charge in [0.2, 0.25) is 0 Å². The third-order valence-corrected chi connectivity index (χ3v) is 2.57. The summed E-state index contributed by atoms with van der Waals surface area (Å²) in [7, 11) is 1.31. The van der Waals surface area contributed by atoms with E-state index in [9.17, 15) is 9.18 Å². The number of nitrogens with zero attached hydrogens (tertiary/aromatic N) is 1. The molecule has 4 heteroatoms. The highest BCUT2D eigenvalue weighted by Gasteiger charge is 2.15. The number of hydrogen-bond donors (Lipinski definition) is 0. The van der Waals surface area contributed by atoms with Crippen molar-refractivity contribution in [2.75, 3.05) is 7.11 Å². The van der Waals surface area contributed by atoms with Crippen LogP contribution in [-0.4, -0.2) is 18.1 Å². The second kappa shape index (κ2) is 4.96. The topological polar surface area (TPSA) is 39.2 Å². The predicted molar refractivity (Wildman–Crippen MR) is 65.7 cm³/mol. The van der Waals surface area contributed by atoms with E-state index in [4.69, 9.17) is 4.74 Å². The Balaban J connectivity index is 2.56. The standard InChI is InChI=1S/C14H12FNO2/c1-9-3-8-12(13(16-9)14(17)18-2)10-4-6-11(15)7-5-10/h3-8H,1-2H3. The van der Waals surface area contributed by atoms with Gasteiger partial charge in [-0.05, 0) is 30.7 Å². The van der Waals surface area contributed by atoms with Gasteiger partial charge in [0.15, 0.2) is 5.69 Å². The van der Waals surface area contributed by atoms with E-state index in [1.54, 1.807) is 31.2 Å². The highest BCUT2D eigenvalue weighted by atomic mass is 19.1. The average molecular weight is 245 g/mol. The zero-order chi connectivity index (χ0) is 13.1. The lowest BCUT2D eigenvalue weighted by Crippen LogP contribution is -2.07. The molecule has 0 bridgehead atoms. The molecular formula is C14H12FNO2. The molecule has 0 spiro atoms. The number of carbonyl (C=O) groups is 1. The van der Waals surface area contributed by atoms with Crippen molar-refractivity contribution in [1.82, 2.24) is 4.98 Å². The van der Waals surface area contributed by atoms with Gasteiger partial charge in [-0.25, -0.2) is 14.2 Å². The van der Waals surface area contributed by atoms with Crippen LogP contribution < -0.4 is 0 Å². The number of methoxy groups -OCH3 is 1. The highest BCUT2D eigenvalue weighted by Crippen LogP contribution is 2.23. The molecule has 0 saturated heterocycles. The Morgan fingerprint density at radius 3 is 2.44 bits per heavy atom. The molecule has 0 N–H and O–H groups in total. The molecule has 3 nitrogen and oxygen atoms in total. The zero-order valence-electron chi connectivity index (χ0n) is 10.1. The van der Waals surface area contributed by atoms with Crippen molar-refractivity contribution in [3.63, 3.8) is 0 Å². The molecule has 0 radical (unpaired) electrons. The summed E-state index contributed by atoms with van der Waals surface area (Å²) in [5.74, 6) is -0.823. The number of carbonyl (C=O) groups excluding carboxylic acids is 1. The van der Waals surface area contributed by atoms with Crippen LogP contribution in [0.1, 0.15) is 16.2 Å². The number of ether oxygens (including phenoxy) is 1. The lowest BCUT2D eigenvalue weighted by molar-refractivity contribution is 0.0595. The van der Waals surface area contributed by atoms with Crippen LogP contribution in [0.3, 0.4) is 0 Å². The number of aromatic nitrogens is 1. The third-order valence-electron chi connectivity index (χ3n) is 2.57. The lowest BCUT2D eigenvalue weighted by Gasteiger charge is -2.08. The van der Waals surface area contributed by atoms with Gasteiger partial charge in [0.05, 0.1) is 7.11 Å². The van der Waals surface area contributed by atoms with E-state index >= 15 is 0 Å². The van der Waals surface area contributed by atoms with Gasteiger partial charge in [-0.1, -0.05) is 18.2 Å². The molecule has 0 aliphatic heterocycles. The molecule has 1 aromatic heterocycles. The van der Waals surface area contributed by atoms with Crippen molar-refractivity contribution in [1.29, 1.82) is 0 Å². The van der Waals surface area contributed by atoms with Crippen LogP contribution in [0.15, 0.2) is 36.4 Å². The highest BCUT2D eigenvalue weighted by molar-refractivity contribution is 5.95. The van der Waals surface area contributed by atoms with Crippen LogP contribution in [-0.2, 0) is 4.74 Å². The van der Waals surface area contributed by atoms with E-state index in [2.05, 4.69) is 4.98 Å². The normalized spacial score (nSPS) is 10.2. The van der Waals surface area contributed by atoms with Gasteiger partial charge in [0, 0.05) is 11.3 Å². The number of halogens is 1. The first-order valence-electron chi connectivity index (χ1n) is 5.43. The van der Waals surface area contributed by atoms with E-state index in [0.717, 1.165) is 11.3 Å². The van der Waals surface area contributed by atoms with Gasteiger partial charge in [0.1, 0.15) is 5.82 Å². The number of aryl methyl sites for hydroxylation is 1. The minimum atomic E-state index is -0.502. The molecule has 2 rings (SSSR count). The Morgan fingerprint density at radius 2 is 1.83 bits per heavy atom. The Hall–Kier alpha value is -2.23. The SMILES string of the molecule is COC(=O)c1nc(C)ccc1-c1ccc(F)cc1. The molecule has 0 amide bonds. The maximum Gasteiger partial charge on any atom is 0.357 e. The second-order valence-electron chi connectivity index (χ2n) is 3.85. The van der Waals surface area contributed by atoms with E-state index in [1.165, 1.54) is 19.2 Å². The van der Waals surface area contributed by atoms with Crippen molar-refractivity contribution >= 4 is 5.97 Å². The van der Waals surface area contributed by atoms with Gasteiger partial charge < -0.3 is 4.74 Å². The third kappa shape index (κ3) is 2.37. The average Bonchev–Trinajstić information content (AvgIpc) is 2.39. The first-order chi connectivity index (χ1) is 8.61. The summed E-state index contributed by atoms with van der Waals surface area (Å²) >= 11 is 0. The minimum absolute atomic E-state index is 0.240. The van der Waals surface area contributed by atoms with Crippen molar-refractivity contribution < 1.29 is 13.9 Å². The molecule has 0 atom stereocenters. The van der Waals surface area contributed by atoms with Crippen LogP contribution in [0.2, 0.25) is 0 Å². The predicted octanol–water partition coefficient (Wildman–Crippen LogP) is 2.98. The van der Waals surface area contributed by atoms with Crippen molar-refractivity contribution in [2.45, 2.75) is 6.92 Å². The van der Waals surface area contributed by atoms with E-state index in [1.807, 2.05) is 0 Å². The van der Waals surface area contributed by atoms with E-state index in [-0.39, 0.29) is 11.5 Å². The summed E-state index contributed by atoms with van der Waals surface area (Å²) in [6.45, 7) is 1.79. The van der Waals surface area contributed by atoms with E-state index < -0.39 is 5.97 Å². The monoisotopic (exact) mass is 245 g/mol. The molecule has 1 heterocycles. The Kier molecular flexibility index (Phi) is 3.37. The first-order valence-corrected chi connectivity index (χ1v) is 5.43. The molecule has 0 aliphatic rings. The summed E-state index contributed by atoms with van der Waals surface area (Å²) < 4.78 is 17.6. The maximum absolute atomic E-state index is 12.9. The van der Waals surface area contributed by atoms with Gasteiger partial charge >= 0.3 is 5.97 Å². The Bertz CT molecular complexity index is 579. The fourth-order valence-corrected chi connectivity index (χ4v) is 1.67. The van der Waals surface area contributed by atoms with Crippen molar-refractivity contribution in [3.8, 4) is 11.1 Å². The molecule has 0 aliphatic carbocycles.